The number of nitrogens with zero attached hydrogens (tertiary/aromatic N) is 1. The van der Waals surface area contributed by atoms with E-state index in [1.54, 1.807) is 0 Å². The van der Waals surface area contributed by atoms with E-state index >= 15 is 0 Å². The van der Waals surface area contributed by atoms with Gasteiger partial charge in [0.05, 0.1) is 11.6 Å². The van der Waals surface area contributed by atoms with Crippen LogP contribution in [0.25, 0.3) is 11.0 Å². The van der Waals surface area contributed by atoms with Gasteiger partial charge in [0, 0.05) is 0 Å². The van der Waals surface area contributed by atoms with Crippen molar-refractivity contribution >= 4 is 17.0 Å². The van der Waals surface area contributed by atoms with Crippen LogP contribution < -0.4 is 0 Å². The summed E-state index contributed by atoms with van der Waals surface area (Å²) in [4.78, 5) is 16.3. The van der Waals surface area contributed by atoms with Crippen LogP contribution >= 0.6 is 0 Å². The summed E-state index contributed by atoms with van der Waals surface area (Å²) in [5, 5.41) is 8.41. The summed E-state index contributed by atoms with van der Waals surface area (Å²) in [5.74, 6) is -3.45. The van der Waals surface area contributed by atoms with Gasteiger partial charge >= 0.3 is 5.97 Å². The van der Waals surface area contributed by atoms with Crippen molar-refractivity contribution in [2.45, 2.75) is 0 Å². The molecule has 0 aliphatic carbocycles. The van der Waals surface area contributed by atoms with E-state index in [2.05, 4.69) is 9.97 Å². The van der Waals surface area contributed by atoms with Crippen molar-refractivity contribution in [2.75, 3.05) is 0 Å². The van der Waals surface area contributed by atoms with Crippen molar-refractivity contribution < 1.29 is 18.7 Å². The third-order valence-corrected chi connectivity index (χ3v) is 1.78. The van der Waals surface area contributed by atoms with Gasteiger partial charge in [-0.05, 0) is 6.07 Å². The number of aromatic carboxylic acids is 1. The molecule has 0 aromatic carbocycles. The lowest BCUT2D eigenvalue weighted by Crippen LogP contribution is -1.94. The maximum Gasteiger partial charge on any atom is 0.352 e. The Morgan fingerprint density at radius 2 is 2.21 bits per heavy atom. The van der Waals surface area contributed by atoms with E-state index in [1.165, 1.54) is 0 Å². The van der Waals surface area contributed by atoms with Crippen LogP contribution in [0.15, 0.2) is 12.3 Å². The van der Waals surface area contributed by atoms with Gasteiger partial charge in [0.15, 0.2) is 11.6 Å². The molecular weight excluding hydrogens is 194 g/mol. The third kappa shape index (κ3) is 1.12. The lowest BCUT2D eigenvalue weighted by atomic mass is 10.3. The Bertz CT molecular complexity index is 521. The molecule has 0 bridgehead atoms. The number of carboxylic acids is 1. The molecule has 2 heterocycles. The van der Waals surface area contributed by atoms with Gasteiger partial charge in [0.25, 0.3) is 0 Å². The summed E-state index contributed by atoms with van der Waals surface area (Å²) in [6.07, 6.45) is 0.694. The largest absolute Gasteiger partial charge is 0.477 e. The van der Waals surface area contributed by atoms with Crippen molar-refractivity contribution in [1.82, 2.24) is 9.97 Å². The molecule has 0 spiro atoms. The second-order valence-electron chi connectivity index (χ2n) is 2.67. The Morgan fingerprint density at radius 1 is 1.50 bits per heavy atom. The fraction of sp³-hybridized carbons (Fsp3) is 0. The van der Waals surface area contributed by atoms with Crippen molar-refractivity contribution in [1.29, 1.82) is 0 Å². The van der Waals surface area contributed by atoms with Gasteiger partial charge in [0.1, 0.15) is 11.3 Å². The van der Waals surface area contributed by atoms with E-state index < -0.39 is 17.6 Å². The molecule has 2 aromatic heterocycles. The Hall–Kier alpha value is -1.98. The molecule has 0 amide bonds. The van der Waals surface area contributed by atoms with Gasteiger partial charge in [-0.2, -0.15) is 0 Å². The summed E-state index contributed by atoms with van der Waals surface area (Å²) in [6.45, 7) is 0. The number of nitrogens with one attached hydrogen (secondary N) is 1. The average molecular weight is 198 g/mol. The minimum atomic E-state index is -1.25. The molecule has 0 atom stereocenters. The summed E-state index contributed by atoms with van der Waals surface area (Å²) in [5.41, 5.74) is -0.210. The number of aromatic amines is 1. The molecular formula is C8H4F2N2O2. The van der Waals surface area contributed by atoms with E-state index in [0.29, 0.717) is 6.20 Å². The first kappa shape index (κ1) is 8.61. The molecule has 4 nitrogen and oxygen atoms in total. The topological polar surface area (TPSA) is 66.0 Å². The molecule has 14 heavy (non-hydrogen) atoms. The lowest BCUT2D eigenvalue weighted by Gasteiger charge is -1.91. The molecule has 0 unspecified atom stereocenters. The van der Waals surface area contributed by atoms with Crippen molar-refractivity contribution in [3.63, 3.8) is 0 Å². The second kappa shape index (κ2) is 2.76. The highest BCUT2D eigenvalue weighted by Gasteiger charge is 2.14. The SMILES string of the molecule is O=C(O)c1cc2c(F)c(F)cnc2[nH]1. The van der Waals surface area contributed by atoms with Gasteiger partial charge in [0.2, 0.25) is 0 Å². The van der Waals surface area contributed by atoms with Crippen LogP contribution in [-0.2, 0) is 0 Å². The summed E-state index contributed by atoms with van der Waals surface area (Å²) < 4.78 is 25.7. The number of carboxylic acid groups (broad SMARTS) is 1. The predicted molar refractivity (Wildman–Crippen MR) is 43.0 cm³/mol. The number of carbonyl (C=O) groups is 1. The number of hydrogen-bond donors (Lipinski definition) is 2. The highest BCUT2D eigenvalue weighted by atomic mass is 19.2. The van der Waals surface area contributed by atoms with Crippen LogP contribution in [0.4, 0.5) is 8.78 Å². The van der Waals surface area contributed by atoms with Gasteiger partial charge in [-0.25, -0.2) is 18.6 Å². The fourth-order valence-corrected chi connectivity index (χ4v) is 1.13. The van der Waals surface area contributed by atoms with Crippen LogP contribution in [0.2, 0.25) is 0 Å². The predicted octanol–water partition coefficient (Wildman–Crippen LogP) is 1.54. The smallest absolute Gasteiger partial charge is 0.352 e. The molecule has 2 rings (SSSR count). The van der Waals surface area contributed by atoms with Crippen molar-refractivity contribution in [2.24, 2.45) is 0 Å². The van der Waals surface area contributed by atoms with Crippen LogP contribution in [0.3, 0.4) is 0 Å². The summed E-state index contributed by atoms with van der Waals surface area (Å²) in [7, 11) is 0. The minimum Gasteiger partial charge on any atom is -0.477 e. The maximum atomic E-state index is 13.0. The molecule has 6 heteroatoms. The van der Waals surface area contributed by atoms with E-state index in [-0.39, 0.29) is 16.7 Å². The Labute approximate surface area is 76.2 Å². The van der Waals surface area contributed by atoms with Gasteiger partial charge in [-0.15, -0.1) is 0 Å². The molecule has 0 saturated heterocycles. The first-order valence-corrected chi connectivity index (χ1v) is 3.65. The van der Waals surface area contributed by atoms with Crippen LogP contribution in [0, 0.1) is 11.6 Å². The van der Waals surface area contributed by atoms with Crippen LogP contribution in [-0.4, -0.2) is 21.0 Å². The molecule has 72 valence electrons. The number of fused-ring (bicyclic) bond motifs is 1. The second-order valence-corrected chi connectivity index (χ2v) is 2.67. The minimum absolute atomic E-state index is 0.0151. The van der Waals surface area contributed by atoms with E-state index in [4.69, 9.17) is 5.11 Å². The van der Waals surface area contributed by atoms with Crippen molar-refractivity contribution in [3.8, 4) is 0 Å². The zero-order valence-corrected chi connectivity index (χ0v) is 6.71. The Balaban J connectivity index is 2.77. The first-order valence-electron chi connectivity index (χ1n) is 3.65. The molecule has 0 fully saturated rings. The average Bonchev–Trinajstić information content (AvgIpc) is 2.56. The Kier molecular flexibility index (Phi) is 1.70. The van der Waals surface area contributed by atoms with Gasteiger partial charge in [-0.1, -0.05) is 0 Å². The fourth-order valence-electron chi connectivity index (χ4n) is 1.13. The van der Waals surface area contributed by atoms with E-state index in [9.17, 15) is 13.6 Å². The van der Waals surface area contributed by atoms with Gasteiger partial charge < -0.3 is 10.1 Å². The standard InChI is InChI=1S/C8H4F2N2O2/c9-4-2-11-7-3(6(4)10)1-5(12-7)8(13)14/h1-2H,(H,11,12)(H,13,14). The number of halogens is 2. The molecule has 0 saturated carbocycles. The molecule has 0 aliphatic heterocycles. The number of aromatic nitrogens is 2. The molecule has 0 aliphatic rings. The van der Waals surface area contributed by atoms with Crippen molar-refractivity contribution in [3.05, 3.63) is 29.6 Å². The summed E-state index contributed by atoms with van der Waals surface area (Å²) in [6, 6.07) is 1.00. The quantitative estimate of drug-likeness (QED) is 0.730. The lowest BCUT2D eigenvalue weighted by molar-refractivity contribution is 0.0691. The zero-order chi connectivity index (χ0) is 10.3. The normalized spacial score (nSPS) is 10.7. The number of pyridine rings is 1. The van der Waals surface area contributed by atoms with E-state index in [1.807, 2.05) is 0 Å². The highest BCUT2D eigenvalue weighted by molar-refractivity contribution is 5.92. The highest BCUT2D eigenvalue weighted by Crippen LogP contribution is 2.18. The number of hydrogen-bond acceptors (Lipinski definition) is 2. The Morgan fingerprint density at radius 3 is 2.86 bits per heavy atom. The monoisotopic (exact) mass is 198 g/mol. The maximum absolute atomic E-state index is 13.0. The molecule has 2 N–H and O–H groups in total. The summed E-state index contributed by atoms with van der Waals surface area (Å²) >= 11 is 0. The molecule has 0 radical (unpaired) electrons. The number of H-pyrrole nitrogens is 1. The number of rotatable bonds is 1. The third-order valence-electron chi connectivity index (χ3n) is 1.78. The van der Waals surface area contributed by atoms with Crippen LogP contribution in [0.1, 0.15) is 10.5 Å². The van der Waals surface area contributed by atoms with Crippen LogP contribution in [0.5, 0.6) is 0 Å². The zero-order valence-electron chi connectivity index (χ0n) is 6.71. The van der Waals surface area contributed by atoms with Gasteiger partial charge in [-0.3, -0.25) is 0 Å². The first-order chi connectivity index (χ1) is 6.59. The van der Waals surface area contributed by atoms with E-state index in [0.717, 1.165) is 6.07 Å². The molecule has 2 aromatic rings.